The van der Waals surface area contributed by atoms with Gasteiger partial charge in [0, 0.05) is 12.8 Å². The van der Waals surface area contributed by atoms with Crippen molar-refractivity contribution in [2.75, 3.05) is 36.3 Å². The maximum atomic E-state index is 13.3. The lowest BCUT2D eigenvalue weighted by Gasteiger charge is -2.07. The predicted molar refractivity (Wildman–Crippen MR) is 70.0 cm³/mol. The first-order chi connectivity index (χ1) is 8.84. The van der Waals surface area contributed by atoms with Crippen LogP contribution in [0.25, 0.3) is 0 Å². The minimum Gasteiger partial charge on any atom is -0.399 e. The normalized spacial score (nSPS) is 11.3. The Hall–Kier alpha value is -1.67. The van der Waals surface area contributed by atoms with Crippen LogP contribution in [0.5, 0.6) is 0 Å². The van der Waals surface area contributed by atoms with Gasteiger partial charge in [0.15, 0.2) is 9.84 Å². The lowest BCUT2D eigenvalue weighted by Crippen LogP contribution is -2.26. The van der Waals surface area contributed by atoms with Gasteiger partial charge in [-0.1, -0.05) is 0 Å². The Bertz CT molecular complexity index is 560. The number of carbonyl (C=O) groups is 1. The topological polar surface area (TPSA) is 98.5 Å². The molecule has 0 fully saturated rings. The molecule has 6 nitrogen and oxygen atoms in total. The van der Waals surface area contributed by atoms with Crippen LogP contribution in [0, 0.1) is 5.82 Å². The summed E-state index contributed by atoms with van der Waals surface area (Å²) in [4.78, 5) is 11.5. The molecule has 3 N–H and O–H groups in total. The number of sulfone groups is 1. The fourth-order valence-corrected chi connectivity index (χ4v) is 2.34. The number of anilines is 2. The number of carbonyl (C=O) groups excluding carboxylic acids is 1. The number of nitrogens with one attached hydrogen (secondary N) is 1. The Morgan fingerprint density at radius 1 is 1.47 bits per heavy atom. The first kappa shape index (κ1) is 15.4. The molecule has 8 heteroatoms. The van der Waals surface area contributed by atoms with E-state index in [4.69, 9.17) is 5.73 Å². The maximum absolute atomic E-state index is 13.3. The molecule has 1 amide bonds. The smallest absolute Gasteiger partial charge is 0.239 e. The Kier molecular flexibility index (Phi) is 5.25. The van der Waals surface area contributed by atoms with Crippen LogP contribution in [0.3, 0.4) is 0 Å². The third-order valence-corrected chi connectivity index (χ3v) is 3.70. The number of methoxy groups -OCH3 is 1. The zero-order valence-electron chi connectivity index (χ0n) is 10.3. The van der Waals surface area contributed by atoms with E-state index in [0.29, 0.717) is 0 Å². The van der Waals surface area contributed by atoms with Gasteiger partial charge in [0.1, 0.15) is 11.6 Å². The van der Waals surface area contributed by atoms with Crippen LogP contribution >= 0.6 is 0 Å². The summed E-state index contributed by atoms with van der Waals surface area (Å²) >= 11 is 0. The van der Waals surface area contributed by atoms with E-state index in [1.807, 2.05) is 0 Å². The van der Waals surface area contributed by atoms with E-state index in [1.165, 1.54) is 19.2 Å². The maximum Gasteiger partial charge on any atom is 0.239 e. The first-order valence-electron chi connectivity index (χ1n) is 5.38. The highest BCUT2D eigenvalue weighted by molar-refractivity contribution is 7.92. The quantitative estimate of drug-likeness (QED) is 0.739. The average Bonchev–Trinajstić information content (AvgIpc) is 2.30. The Morgan fingerprint density at radius 3 is 2.79 bits per heavy atom. The highest BCUT2D eigenvalue weighted by atomic mass is 32.2. The van der Waals surface area contributed by atoms with Crippen molar-refractivity contribution in [3.05, 3.63) is 24.0 Å². The number of hydrogen-bond acceptors (Lipinski definition) is 5. The summed E-state index contributed by atoms with van der Waals surface area (Å²) in [6, 6.07) is 3.64. The van der Waals surface area contributed by atoms with Gasteiger partial charge in [0.05, 0.1) is 18.0 Å². The van der Waals surface area contributed by atoms with Crippen molar-refractivity contribution in [3.8, 4) is 0 Å². The Balaban J connectivity index is 2.68. The van der Waals surface area contributed by atoms with E-state index in [9.17, 15) is 17.6 Å². The SMILES string of the molecule is COCCS(=O)(=O)CC(=O)Nc1cc(N)ccc1F. The molecule has 0 aliphatic heterocycles. The first-order valence-corrected chi connectivity index (χ1v) is 7.20. The highest BCUT2D eigenvalue weighted by Gasteiger charge is 2.17. The standard InChI is InChI=1S/C11H15FN2O4S/c1-18-4-5-19(16,17)7-11(15)14-10-6-8(13)2-3-9(10)12/h2-3,6H,4-5,7,13H2,1H3,(H,14,15). The van der Waals surface area contributed by atoms with Crippen LogP contribution in [-0.2, 0) is 19.4 Å². The second-order valence-corrected chi connectivity index (χ2v) is 6.06. The second-order valence-electron chi connectivity index (χ2n) is 3.87. The number of rotatable bonds is 6. The van der Waals surface area contributed by atoms with Crippen molar-refractivity contribution < 1.29 is 22.3 Å². The van der Waals surface area contributed by atoms with Crippen molar-refractivity contribution in [2.24, 2.45) is 0 Å². The van der Waals surface area contributed by atoms with E-state index in [0.717, 1.165) is 6.07 Å². The Labute approximate surface area is 110 Å². The molecule has 1 aromatic carbocycles. The van der Waals surface area contributed by atoms with Gasteiger partial charge in [-0.15, -0.1) is 0 Å². The molecule has 0 heterocycles. The second kappa shape index (κ2) is 6.48. The lowest BCUT2D eigenvalue weighted by atomic mass is 10.2. The molecule has 1 rings (SSSR count). The van der Waals surface area contributed by atoms with Crippen LogP contribution in [0.4, 0.5) is 15.8 Å². The fraction of sp³-hybridized carbons (Fsp3) is 0.364. The number of amides is 1. The van der Waals surface area contributed by atoms with Crippen molar-refractivity contribution >= 4 is 27.1 Å². The molecule has 1 aromatic rings. The summed E-state index contributed by atoms with van der Waals surface area (Å²) in [5.74, 6) is -2.50. The van der Waals surface area contributed by atoms with Gasteiger partial charge in [-0.05, 0) is 18.2 Å². The van der Waals surface area contributed by atoms with E-state index in [2.05, 4.69) is 10.1 Å². The molecule has 0 saturated heterocycles. The van der Waals surface area contributed by atoms with Crippen LogP contribution in [0.1, 0.15) is 0 Å². The molecule has 0 atom stereocenters. The fourth-order valence-electron chi connectivity index (χ4n) is 1.31. The molecule has 0 radical (unpaired) electrons. The van der Waals surface area contributed by atoms with E-state index >= 15 is 0 Å². The van der Waals surface area contributed by atoms with E-state index in [1.54, 1.807) is 0 Å². The van der Waals surface area contributed by atoms with E-state index in [-0.39, 0.29) is 23.7 Å². The average molecular weight is 290 g/mol. The Morgan fingerprint density at radius 2 is 2.16 bits per heavy atom. The summed E-state index contributed by atoms with van der Waals surface area (Å²) in [5.41, 5.74) is 5.56. The van der Waals surface area contributed by atoms with Gasteiger partial charge >= 0.3 is 0 Å². The molecular weight excluding hydrogens is 275 g/mol. The number of hydrogen-bond donors (Lipinski definition) is 2. The number of nitrogens with two attached hydrogens (primary N) is 1. The molecular formula is C11H15FN2O4S. The largest absolute Gasteiger partial charge is 0.399 e. The van der Waals surface area contributed by atoms with Gasteiger partial charge in [-0.2, -0.15) is 0 Å². The summed E-state index contributed by atoms with van der Waals surface area (Å²) in [5, 5.41) is 2.17. The van der Waals surface area contributed by atoms with Gasteiger partial charge in [-0.3, -0.25) is 4.79 Å². The third kappa shape index (κ3) is 5.23. The number of benzene rings is 1. The van der Waals surface area contributed by atoms with Gasteiger partial charge in [-0.25, -0.2) is 12.8 Å². The zero-order valence-corrected chi connectivity index (χ0v) is 11.2. The summed E-state index contributed by atoms with van der Waals surface area (Å²) < 4.78 is 40.9. The number of halogens is 1. The van der Waals surface area contributed by atoms with Crippen molar-refractivity contribution in [1.29, 1.82) is 0 Å². The summed E-state index contributed by atoms with van der Waals surface area (Å²) in [6.45, 7) is 0.00224. The van der Waals surface area contributed by atoms with Crippen LogP contribution in [-0.4, -0.2) is 39.5 Å². The summed E-state index contributed by atoms with van der Waals surface area (Å²) in [7, 11) is -2.22. The minimum absolute atomic E-state index is 0.00224. The lowest BCUT2D eigenvalue weighted by molar-refractivity contribution is -0.113. The molecule has 0 bridgehead atoms. The molecule has 0 spiro atoms. The number of nitrogen functional groups attached to an aromatic ring is 1. The number of ether oxygens (including phenoxy) is 1. The summed E-state index contributed by atoms with van der Waals surface area (Å²) in [6.07, 6.45) is 0. The van der Waals surface area contributed by atoms with Gasteiger partial charge in [0.25, 0.3) is 0 Å². The highest BCUT2D eigenvalue weighted by Crippen LogP contribution is 2.17. The van der Waals surface area contributed by atoms with E-state index < -0.39 is 27.3 Å². The molecule has 0 unspecified atom stereocenters. The van der Waals surface area contributed by atoms with Crippen molar-refractivity contribution in [3.63, 3.8) is 0 Å². The monoisotopic (exact) mass is 290 g/mol. The molecule has 0 saturated carbocycles. The van der Waals surface area contributed by atoms with Gasteiger partial charge < -0.3 is 15.8 Å². The third-order valence-electron chi connectivity index (χ3n) is 2.21. The van der Waals surface area contributed by atoms with Crippen molar-refractivity contribution in [2.45, 2.75) is 0 Å². The zero-order chi connectivity index (χ0) is 14.5. The molecule has 106 valence electrons. The predicted octanol–water partition coefficient (Wildman–Crippen LogP) is 0.408. The molecule has 0 aromatic heterocycles. The molecule has 19 heavy (non-hydrogen) atoms. The van der Waals surface area contributed by atoms with Crippen LogP contribution < -0.4 is 11.1 Å². The van der Waals surface area contributed by atoms with Crippen molar-refractivity contribution in [1.82, 2.24) is 0 Å². The van der Waals surface area contributed by atoms with Gasteiger partial charge in [0.2, 0.25) is 5.91 Å². The van der Waals surface area contributed by atoms with Crippen LogP contribution in [0.2, 0.25) is 0 Å². The molecule has 0 aliphatic rings. The van der Waals surface area contributed by atoms with Crippen LogP contribution in [0.15, 0.2) is 18.2 Å². The molecule has 0 aliphatic carbocycles. The minimum atomic E-state index is -3.58.